The Balaban J connectivity index is 0.000000260. The Morgan fingerprint density at radius 2 is 1.57 bits per heavy atom. The number of piperidine rings is 2. The first-order valence-electron chi connectivity index (χ1n) is 22.0. The van der Waals surface area contributed by atoms with Crippen LogP contribution in [0.1, 0.15) is 89.3 Å². The molecule has 336 valence electrons. The lowest BCUT2D eigenvalue weighted by Crippen LogP contribution is -2.55. The number of ether oxygens (including phenoxy) is 2. The summed E-state index contributed by atoms with van der Waals surface area (Å²) in [6, 6.07) is 12.5. The Morgan fingerprint density at radius 3 is 2.28 bits per heavy atom. The van der Waals surface area contributed by atoms with Crippen molar-refractivity contribution in [3.63, 3.8) is 0 Å². The van der Waals surface area contributed by atoms with Gasteiger partial charge in [0.15, 0.2) is 5.58 Å². The highest BCUT2D eigenvalue weighted by Gasteiger charge is 2.33. The summed E-state index contributed by atoms with van der Waals surface area (Å²) in [4.78, 5) is 73.9. The zero-order valence-corrected chi connectivity index (χ0v) is 36.0. The number of fused-ring (bicyclic) bond motifs is 2. The number of piperazine rings is 1. The highest BCUT2D eigenvalue weighted by atomic mass is 16.5. The van der Waals surface area contributed by atoms with Crippen LogP contribution in [0.25, 0.3) is 11.1 Å². The number of anilines is 1. The Kier molecular flexibility index (Phi) is 17.6. The van der Waals surface area contributed by atoms with Crippen molar-refractivity contribution in [1.29, 1.82) is 0 Å². The van der Waals surface area contributed by atoms with Gasteiger partial charge in [0.2, 0.25) is 5.91 Å². The molecule has 0 radical (unpaired) electrons. The summed E-state index contributed by atoms with van der Waals surface area (Å²) in [5.74, 6) is -0.517. The first-order valence-corrected chi connectivity index (χ1v) is 22.0. The number of benzene rings is 2. The number of esters is 1. The number of aryl methyl sites for hydroxylation is 1. The van der Waals surface area contributed by atoms with Crippen molar-refractivity contribution in [3.8, 4) is 0 Å². The van der Waals surface area contributed by atoms with Crippen LogP contribution in [0.2, 0.25) is 0 Å². The van der Waals surface area contributed by atoms with Crippen LogP contribution >= 0.6 is 0 Å². The van der Waals surface area contributed by atoms with E-state index in [1.165, 1.54) is 25.5 Å². The number of urea groups is 1. The molecule has 4 aliphatic heterocycles. The maximum absolute atomic E-state index is 13.2. The van der Waals surface area contributed by atoms with Crippen LogP contribution in [0, 0.1) is 12.8 Å². The predicted octanol–water partition coefficient (Wildman–Crippen LogP) is 6.28. The quantitative estimate of drug-likeness (QED) is 0.157. The first kappa shape index (κ1) is 47.2. The second kappa shape index (κ2) is 22.8. The SMILES string of the molecule is C.CCCCCCOC(=O)CN1CCC(N2CCN(C(=O)[C@H](C)Cc3cc(C)c4[nH]c(=O)oc4c3)CC2)CC1.COC(=O)N1CCC(N2CCc3ccccc3NC2=O)CC1. The molecule has 1 atom stereocenters. The average Bonchev–Trinajstić information content (AvgIpc) is 3.56. The van der Waals surface area contributed by atoms with E-state index in [2.05, 4.69) is 33.1 Å². The molecule has 1 aromatic heterocycles. The first-order chi connectivity index (χ1) is 29.0. The van der Waals surface area contributed by atoms with Crippen LogP contribution in [0.15, 0.2) is 45.6 Å². The maximum atomic E-state index is 13.2. The van der Waals surface area contributed by atoms with E-state index in [9.17, 15) is 24.0 Å². The molecule has 61 heavy (non-hydrogen) atoms. The molecular weight excluding hydrogens is 779 g/mol. The Labute approximate surface area is 361 Å². The monoisotopic (exact) mass is 848 g/mol. The number of carbonyl (C=O) groups excluding carboxylic acids is 4. The summed E-state index contributed by atoms with van der Waals surface area (Å²) in [5.41, 5.74) is 5.29. The standard InChI is InChI=1S/C29H44N4O5.C16H21N3O3.CH4/c1-4-5-6-7-16-37-26(34)20-31-10-8-24(9-11-31)32-12-14-33(15-13-32)28(35)22(3)18-23-17-21(2)27-25(19-23)38-29(36)30-27;1-22-16(21)18-9-7-13(8-10-18)19-11-6-12-4-2-3-5-14(12)17-15(19)20;/h17,19,22,24H,4-16,18,20H2,1-3H3,(H,30,36);2-5,13H,6-11H2,1H3,(H,17,20);1H4/t22-;;/m1../s1. The molecule has 7 rings (SSSR count). The Bertz CT molecular complexity index is 1960. The minimum absolute atomic E-state index is 0. The van der Waals surface area contributed by atoms with Gasteiger partial charge in [0, 0.05) is 82.6 Å². The van der Waals surface area contributed by atoms with Gasteiger partial charge in [-0.2, -0.15) is 0 Å². The van der Waals surface area contributed by atoms with Gasteiger partial charge in [-0.1, -0.05) is 64.8 Å². The fourth-order valence-electron chi connectivity index (χ4n) is 9.09. The van der Waals surface area contributed by atoms with Crippen molar-refractivity contribution in [2.24, 2.45) is 5.92 Å². The lowest BCUT2D eigenvalue weighted by Gasteiger charge is -2.43. The number of methoxy groups -OCH3 is 1. The number of nitrogens with one attached hydrogen (secondary N) is 2. The second-order valence-electron chi connectivity index (χ2n) is 16.8. The molecule has 0 unspecified atom stereocenters. The number of hydrogen-bond acceptors (Lipinski definition) is 10. The molecule has 0 saturated carbocycles. The van der Waals surface area contributed by atoms with Gasteiger partial charge in [-0.05, 0) is 80.7 Å². The second-order valence-corrected chi connectivity index (χ2v) is 16.8. The van der Waals surface area contributed by atoms with Gasteiger partial charge in [-0.25, -0.2) is 14.4 Å². The van der Waals surface area contributed by atoms with Crippen LogP contribution in [-0.2, 0) is 31.9 Å². The van der Waals surface area contributed by atoms with Gasteiger partial charge in [0.1, 0.15) is 0 Å². The smallest absolute Gasteiger partial charge is 0.417 e. The molecule has 3 saturated heterocycles. The van der Waals surface area contributed by atoms with Gasteiger partial charge >= 0.3 is 23.8 Å². The number of unbranched alkanes of at least 4 members (excludes halogenated alkanes) is 3. The number of likely N-dealkylation sites (tertiary alicyclic amines) is 2. The summed E-state index contributed by atoms with van der Waals surface area (Å²) in [5, 5.41) is 3.00. The summed E-state index contributed by atoms with van der Waals surface area (Å²) in [7, 11) is 1.40. The maximum Gasteiger partial charge on any atom is 0.417 e. The molecule has 2 aromatic carbocycles. The van der Waals surface area contributed by atoms with Crippen LogP contribution in [0.3, 0.4) is 0 Å². The summed E-state index contributed by atoms with van der Waals surface area (Å²) < 4.78 is 15.4. The normalized spacial score (nSPS) is 18.6. The fourth-order valence-corrected chi connectivity index (χ4v) is 9.09. The fraction of sp³-hybridized carbons (Fsp3) is 0.630. The van der Waals surface area contributed by atoms with Crippen molar-refractivity contribution in [2.45, 2.75) is 104 Å². The number of aromatic amines is 1. The largest absolute Gasteiger partial charge is 0.465 e. The molecule has 0 bridgehead atoms. The summed E-state index contributed by atoms with van der Waals surface area (Å²) >= 11 is 0. The number of para-hydroxylation sites is 1. The highest BCUT2D eigenvalue weighted by molar-refractivity contribution is 5.91. The van der Waals surface area contributed by atoms with Crippen molar-refractivity contribution >= 4 is 40.8 Å². The third kappa shape index (κ3) is 12.8. The van der Waals surface area contributed by atoms with Crippen LogP contribution in [-0.4, -0.2) is 145 Å². The molecule has 4 amide bonds. The van der Waals surface area contributed by atoms with Crippen molar-refractivity contribution < 1.29 is 33.1 Å². The van der Waals surface area contributed by atoms with Crippen LogP contribution < -0.4 is 11.1 Å². The molecule has 5 heterocycles. The lowest BCUT2D eigenvalue weighted by atomic mass is 9.97. The number of carbonyl (C=O) groups is 4. The third-order valence-electron chi connectivity index (χ3n) is 12.5. The number of hydrogen-bond donors (Lipinski definition) is 2. The zero-order chi connectivity index (χ0) is 42.6. The number of rotatable bonds is 12. The Hall–Kier alpha value is -4.89. The third-order valence-corrected chi connectivity index (χ3v) is 12.5. The number of amides is 4. The zero-order valence-electron chi connectivity index (χ0n) is 36.0. The van der Waals surface area contributed by atoms with E-state index in [1.54, 1.807) is 4.90 Å². The number of aromatic nitrogens is 1. The van der Waals surface area contributed by atoms with Gasteiger partial charge < -0.3 is 33.9 Å². The summed E-state index contributed by atoms with van der Waals surface area (Å²) in [6.07, 6.45) is 9.31. The van der Waals surface area contributed by atoms with Gasteiger partial charge in [-0.3, -0.25) is 24.4 Å². The predicted molar refractivity (Wildman–Crippen MR) is 237 cm³/mol. The molecule has 2 N–H and O–H groups in total. The van der Waals surface area contributed by atoms with E-state index >= 15 is 0 Å². The van der Waals surface area contributed by atoms with Crippen molar-refractivity contribution in [3.05, 3.63) is 63.6 Å². The topological polar surface area (TPSA) is 161 Å². The van der Waals surface area contributed by atoms with Crippen molar-refractivity contribution in [2.75, 3.05) is 84.5 Å². The number of oxazole rings is 1. The highest BCUT2D eigenvalue weighted by Crippen LogP contribution is 2.26. The minimum atomic E-state index is -0.455. The van der Waals surface area contributed by atoms with Gasteiger partial charge in [0.25, 0.3) is 0 Å². The van der Waals surface area contributed by atoms with Gasteiger partial charge in [-0.15, -0.1) is 0 Å². The summed E-state index contributed by atoms with van der Waals surface area (Å²) in [6.45, 7) is 14.1. The van der Waals surface area contributed by atoms with E-state index in [4.69, 9.17) is 13.9 Å². The lowest BCUT2D eigenvalue weighted by molar-refractivity contribution is -0.145. The molecule has 0 spiro atoms. The minimum Gasteiger partial charge on any atom is -0.465 e. The van der Waals surface area contributed by atoms with E-state index < -0.39 is 5.76 Å². The molecule has 0 aliphatic carbocycles. The van der Waals surface area contributed by atoms with Crippen LogP contribution in [0.4, 0.5) is 15.3 Å². The molecule has 3 aromatic rings. The Morgan fingerprint density at radius 1 is 0.869 bits per heavy atom. The molecule has 4 aliphatic rings. The van der Waals surface area contributed by atoms with Gasteiger partial charge in [0.05, 0.1) is 25.8 Å². The van der Waals surface area contributed by atoms with E-state index in [-0.39, 0.29) is 43.4 Å². The van der Waals surface area contributed by atoms with E-state index in [1.807, 2.05) is 54.0 Å². The number of nitrogens with zero attached hydrogens (tertiary/aromatic N) is 5. The van der Waals surface area contributed by atoms with E-state index in [0.29, 0.717) is 50.8 Å². The number of H-pyrrole nitrogens is 1. The molecule has 3 fully saturated rings. The average molecular weight is 848 g/mol. The molecular formula is C46H69N7O8. The molecule has 15 nitrogen and oxygen atoms in total. The van der Waals surface area contributed by atoms with Crippen LogP contribution in [0.5, 0.6) is 0 Å². The van der Waals surface area contributed by atoms with Crippen molar-refractivity contribution in [1.82, 2.24) is 29.5 Å². The van der Waals surface area contributed by atoms with E-state index in [0.717, 1.165) is 107 Å². The molecule has 15 heteroatoms.